The number of carbonyl (C=O) groups is 1. The minimum atomic E-state index is -0.123. The minimum Gasteiger partial charge on any atom is -0.324 e. The van der Waals surface area contributed by atoms with Gasteiger partial charge in [-0.1, -0.05) is 26.0 Å². The number of rotatable bonds is 4. The molecule has 0 aliphatic heterocycles. The molecule has 1 amide bonds. The molecule has 0 aromatic heterocycles. The standard InChI is InChI=1S/C13H16N2OS/c1-9(2)17-10(3)13(16)15-12-7-5-4-6-11(12)8-14/h4-7,9-10H,1-3H3,(H,15,16). The molecule has 0 fully saturated rings. The number of anilines is 1. The SMILES string of the molecule is CC(C)SC(C)C(=O)Nc1ccccc1C#N. The lowest BCUT2D eigenvalue weighted by molar-refractivity contribution is -0.115. The van der Waals surface area contributed by atoms with E-state index in [-0.39, 0.29) is 11.2 Å². The van der Waals surface area contributed by atoms with Gasteiger partial charge in [-0.3, -0.25) is 4.79 Å². The Morgan fingerprint density at radius 1 is 1.35 bits per heavy atom. The zero-order chi connectivity index (χ0) is 12.8. The first kappa shape index (κ1) is 13.6. The highest BCUT2D eigenvalue weighted by Crippen LogP contribution is 2.20. The van der Waals surface area contributed by atoms with Gasteiger partial charge in [0.25, 0.3) is 0 Å². The van der Waals surface area contributed by atoms with Crippen LogP contribution in [0.4, 0.5) is 5.69 Å². The van der Waals surface area contributed by atoms with Crippen LogP contribution in [-0.4, -0.2) is 16.4 Å². The maximum Gasteiger partial charge on any atom is 0.237 e. The van der Waals surface area contributed by atoms with Crippen LogP contribution in [0.25, 0.3) is 0 Å². The summed E-state index contributed by atoms with van der Waals surface area (Å²) in [7, 11) is 0. The average Bonchev–Trinajstić information content (AvgIpc) is 2.28. The summed E-state index contributed by atoms with van der Waals surface area (Å²) in [6.45, 7) is 5.98. The summed E-state index contributed by atoms with van der Waals surface area (Å²) in [6.07, 6.45) is 0. The van der Waals surface area contributed by atoms with Crippen molar-refractivity contribution < 1.29 is 4.79 Å². The Hall–Kier alpha value is -1.47. The van der Waals surface area contributed by atoms with Gasteiger partial charge in [0.1, 0.15) is 6.07 Å². The molecule has 3 nitrogen and oxygen atoms in total. The summed E-state index contributed by atoms with van der Waals surface area (Å²) < 4.78 is 0. The van der Waals surface area contributed by atoms with Crippen LogP contribution in [0, 0.1) is 11.3 Å². The monoisotopic (exact) mass is 248 g/mol. The third kappa shape index (κ3) is 4.12. The van der Waals surface area contributed by atoms with E-state index in [0.29, 0.717) is 16.5 Å². The molecule has 1 aromatic rings. The van der Waals surface area contributed by atoms with Crippen LogP contribution in [0.3, 0.4) is 0 Å². The number of amides is 1. The summed E-state index contributed by atoms with van der Waals surface area (Å²) in [5.74, 6) is -0.0635. The van der Waals surface area contributed by atoms with Crippen molar-refractivity contribution in [2.24, 2.45) is 0 Å². The zero-order valence-corrected chi connectivity index (χ0v) is 11.0. The van der Waals surface area contributed by atoms with E-state index in [4.69, 9.17) is 5.26 Å². The summed E-state index contributed by atoms with van der Waals surface area (Å²) in [5.41, 5.74) is 1.07. The highest BCUT2D eigenvalue weighted by atomic mass is 32.2. The third-order valence-corrected chi connectivity index (χ3v) is 3.32. The molecule has 0 bridgehead atoms. The van der Waals surface area contributed by atoms with Gasteiger partial charge in [0.2, 0.25) is 5.91 Å². The van der Waals surface area contributed by atoms with Gasteiger partial charge in [0.05, 0.1) is 16.5 Å². The van der Waals surface area contributed by atoms with E-state index in [2.05, 4.69) is 25.2 Å². The lowest BCUT2D eigenvalue weighted by Crippen LogP contribution is -2.24. The van der Waals surface area contributed by atoms with E-state index in [1.54, 1.807) is 36.0 Å². The van der Waals surface area contributed by atoms with Crippen LogP contribution in [-0.2, 0) is 4.79 Å². The second-order valence-electron chi connectivity index (χ2n) is 3.97. The number of carbonyl (C=O) groups excluding carboxylic acids is 1. The first-order valence-electron chi connectivity index (χ1n) is 5.50. The molecule has 0 heterocycles. The molecule has 1 N–H and O–H groups in total. The van der Waals surface area contributed by atoms with Gasteiger partial charge in [0, 0.05) is 0 Å². The lowest BCUT2D eigenvalue weighted by atomic mass is 10.2. The molecule has 0 radical (unpaired) electrons. The fraction of sp³-hybridized carbons (Fsp3) is 0.385. The van der Waals surface area contributed by atoms with Crippen molar-refractivity contribution in [3.63, 3.8) is 0 Å². The van der Waals surface area contributed by atoms with Crippen LogP contribution >= 0.6 is 11.8 Å². The normalized spacial score (nSPS) is 11.9. The molecule has 90 valence electrons. The van der Waals surface area contributed by atoms with E-state index >= 15 is 0 Å². The van der Waals surface area contributed by atoms with Crippen LogP contribution < -0.4 is 5.32 Å². The summed E-state index contributed by atoms with van der Waals surface area (Å²) >= 11 is 1.60. The van der Waals surface area contributed by atoms with Crippen molar-refractivity contribution in [1.29, 1.82) is 5.26 Å². The first-order valence-corrected chi connectivity index (χ1v) is 6.44. The molecule has 0 aliphatic carbocycles. The van der Waals surface area contributed by atoms with Crippen molar-refractivity contribution in [3.05, 3.63) is 29.8 Å². The molecular weight excluding hydrogens is 232 g/mol. The Morgan fingerprint density at radius 3 is 2.59 bits per heavy atom. The summed E-state index contributed by atoms with van der Waals surface area (Å²) in [5, 5.41) is 12.0. The van der Waals surface area contributed by atoms with E-state index in [9.17, 15) is 4.79 Å². The minimum absolute atomic E-state index is 0.0635. The second kappa shape index (κ2) is 6.31. The number of benzene rings is 1. The molecule has 0 aliphatic rings. The molecule has 1 rings (SSSR count). The number of hydrogen-bond donors (Lipinski definition) is 1. The molecule has 4 heteroatoms. The van der Waals surface area contributed by atoms with E-state index < -0.39 is 0 Å². The number of hydrogen-bond acceptors (Lipinski definition) is 3. The van der Waals surface area contributed by atoms with Crippen LogP contribution in [0.5, 0.6) is 0 Å². The van der Waals surface area contributed by atoms with Gasteiger partial charge in [-0.15, -0.1) is 11.8 Å². The molecule has 1 unspecified atom stereocenters. The van der Waals surface area contributed by atoms with Crippen LogP contribution in [0.15, 0.2) is 24.3 Å². The lowest BCUT2D eigenvalue weighted by Gasteiger charge is -2.14. The third-order valence-electron chi connectivity index (χ3n) is 2.15. The Balaban J connectivity index is 2.71. The van der Waals surface area contributed by atoms with Gasteiger partial charge in [0.15, 0.2) is 0 Å². The Kier molecular flexibility index (Phi) is 5.05. The van der Waals surface area contributed by atoms with Crippen molar-refractivity contribution in [2.45, 2.75) is 31.3 Å². The predicted octanol–water partition coefficient (Wildman–Crippen LogP) is 3.03. The van der Waals surface area contributed by atoms with Crippen molar-refractivity contribution in [3.8, 4) is 6.07 Å². The van der Waals surface area contributed by atoms with E-state index in [1.165, 1.54) is 0 Å². The molecule has 0 saturated heterocycles. The Bertz CT molecular complexity index is 437. The average molecular weight is 248 g/mol. The second-order valence-corrected chi connectivity index (χ2v) is 5.90. The first-order chi connectivity index (χ1) is 8.04. The predicted molar refractivity (Wildman–Crippen MR) is 72.0 cm³/mol. The van der Waals surface area contributed by atoms with Crippen LogP contribution in [0.1, 0.15) is 26.3 Å². The molecular formula is C13H16N2OS. The molecule has 17 heavy (non-hydrogen) atoms. The fourth-order valence-electron chi connectivity index (χ4n) is 1.39. The smallest absolute Gasteiger partial charge is 0.237 e. The quantitative estimate of drug-likeness (QED) is 0.891. The zero-order valence-electron chi connectivity index (χ0n) is 10.2. The topological polar surface area (TPSA) is 52.9 Å². The number of thioether (sulfide) groups is 1. The van der Waals surface area contributed by atoms with Gasteiger partial charge < -0.3 is 5.32 Å². The number of para-hydroxylation sites is 1. The van der Waals surface area contributed by atoms with Gasteiger partial charge in [-0.05, 0) is 24.3 Å². The Labute approximate surface area is 106 Å². The molecule has 0 saturated carbocycles. The highest BCUT2D eigenvalue weighted by Gasteiger charge is 2.15. The molecule has 0 spiro atoms. The largest absolute Gasteiger partial charge is 0.324 e. The maximum atomic E-state index is 11.9. The van der Waals surface area contributed by atoms with Crippen molar-refractivity contribution in [1.82, 2.24) is 0 Å². The van der Waals surface area contributed by atoms with Crippen molar-refractivity contribution in [2.75, 3.05) is 5.32 Å². The van der Waals surface area contributed by atoms with E-state index in [0.717, 1.165) is 0 Å². The highest BCUT2D eigenvalue weighted by molar-refractivity contribution is 8.01. The number of nitrogens with zero attached hydrogens (tertiary/aromatic N) is 1. The molecule has 1 atom stereocenters. The fourth-order valence-corrected chi connectivity index (χ4v) is 2.39. The number of nitrogens with one attached hydrogen (secondary N) is 1. The summed E-state index contributed by atoms with van der Waals surface area (Å²) in [6, 6.07) is 9.07. The van der Waals surface area contributed by atoms with Gasteiger partial charge in [-0.25, -0.2) is 0 Å². The van der Waals surface area contributed by atoms with E-state index in [1.807, 2.05) is 6.92 Å². The maximum absolute atomic E-state index is 11.9. The molecule has 1 aromatic carbocycles. The Morgan fingerprint density at radius 2 is 2.00 bits per heavy atom. The van der Waals surface area contributed by atoms with Gasteiger partial charge in [-0.2, -0.15) is 5.26 Å². The van der Waals surface area contributed by atoms with Crippen molar-refractivity contribution >= 4 is 23.4 Å². The number of nitriles is 1. The van der Waals surface area contributed by atoms with Gasteiger partial charge >= 0.3 is 0 Å². The summed E-state index contributed by atoms with van der Waals surface area (Å²) in [4.78, 5) is 11.9. The van der Waals surface area contributed by atoms with Crippen LogP contribution in [0.2, 0.25) is 0 Å².